The fourth-order valence-corrected chi connectivity index (χ4v) is 3.92. The molecule has 0 bridgehead atoms. The Morgan fingerprint density at radius 1 is 0.913 bits per heavy atom. The smallest absolute Gasteiger partial charge is 0.261 e. The molecule has 0 radical (unpaired) electrons. The summed E-state index contributed by atoms with van der Waals surface area (Å²) in [5.41, 5.74) is 2.14. The lowest BCUT2D eigenvalue weighted by molar-refractivity contribution is -0.118. The largest absolute Gasteiger partial charge is 0.299 e. The van der Waals surface area contributed by atoms with Crippen molar-refractivity contribution in [3.05, 3.63) is 57.6 Å². The number of rotatable bonds is 3. The maximum atomic E-state index is 12.5. The molecule has 1 aliphatic carbocycles. The minimum absolute atomic E-state index is 0.164. The lowest BCUT2D eigenvalue weighted by Gasteiger charge is -2.16. The van der Waals surface area contributed by atoms with Gasteiger partial charge in [0, 0.05) is 12.8 Å². The minimum atomic E-state index is -3.73. The van der Waals surface area contributed by atoms with Crippen LogP contribution in [0, 0.1) is 0 Å². The molecule has 0 fully saturated rings. The van der Waals surface area contributed by atoms with Crippen molar-refractivity contribution in [3.8, 4) is 0 Å². The molecule has 2 aromatic rings. The van der Waals surface area contributed by atoms with Gasteiger partial charge >= 0.3 is 0 Å². The molecule has 0 atom stereocenters. The zero-order valence-electron chi connectivity index (χ0n) is 12.0. The predicted octanol–water partition coefficient (Wildman–Crippen LogP) is 3.85. The first-order valence-corrected chi connectivity index (χ1v) is 9.20. The van der Waals surface area contributed by atoms with Gasteiger partial charge in [-0.3, -0.25) is 9.52 Å². The van der Waals surface area contributed by atoms with Crippen molar-refractivity contribution in [1.29, 1.82) is 0 Å². The molecule has 120 valence electrons. The SMILES string of the molecule is O=C1CCc2cc(S(=O)(=O)Nc3ccc(Cl)c(Cl)c3)ccc2C1. The van der Waals surface area contributed by atoms with Gasteiger partial charge in [-0.15, -0.1) is 0 Å². The van der Waals surface area contributed by atoms with Gasteiger partial charge in [-0.25, -0.2) is 8.42 Å². The molecule has 0 unspecified atom stereocenters. The van der Waals surface area contributed by atoms with Crippen molar-refractivity contribution >= 4 is 44.7 Å². The molecule has 0 amide bonds. The average Bonchev–Trinajstić information content (AvgIpc) is 2.50. The van der Waals surface area contributed by atoms with E-state index >= 15 is 0 Å². The number of ketones is 1. The van der Waals surface area contributed by atoms with Crippen LogP contribution in [0.4, 0.5) is 5.69 Å². The van der Waals surface area contributed by atoms with Gasteiger partial charge in [0.1, 0.15) is 5.78 Å². The second-order valence-corrected chi connectivity index (χ2v) is 7.88. The molecule has 2 aromatic carbocycles. The third kappa shape index (κ3) is 3.52. The van der Waals surface area contributed by atoms with Crippen LogP contribution in [0.2, 0.25) is 10.0 Å². The molecule has 1 aliphatic rings. The molecule has 0 saturated carbocycles. The van der Waals surface area contributed by atoms with Crippen LogP contribution in [-0.4, -0.2) is 14.2 Å². The Kier molecular flexibility index (Phi) is 4.36. The normalized spacial score (nSPS) is 14.4. The monoisotopic (exact) mass is 369 g/mol. The number of fused-ring (bicyclic) bond motifs is 1. The van der Waals surface area contributed by atoms with Crippen LogP contribution in [0.3, 0.4) is 0 Å². The molecule has 3 rings (SSSR count). The second kappa shape index (κ2) is 6.15. The molecule has 0 heterocycles. The molecule has 4 nitrogen and oxygen atoms in total. The van der Waals surface area contributed by atoms with E-state index in [9.17, 15) is 13.2 Å². The molecule has 0 saturated heterocycles. The summed E-state index contributed by atoms with van der Waals surface area (Å²) < 4.78 is 27.5. The van der Waals surface area contributed by atoms with Gasteiger partial charge in [0.2, 0.25) is 0 Å². The summed E-state index contributed by atoms with van der Waals surface area (Å²) in [6.45, 7) is 0. The Hall–Kier alpha value is -1.56. The van der Waals surface area contributed by atoms with Crippen LogP contribution in [0.25, 0.3) is 0 Å². The van der Waals surface area contributed by atoms with Crippen molar-refractivity contribution in [1.82, 2.24) is 0 Å². The number of hydrogen-bond donors (Lipinski definition) is 1. The number of sulfonamides is 1. The Balaban J connectivity index is 1.90. The van der Waals surface area contributed by atoms with E-state index in [-0.39, 0.29) is 15.7 Å². The molecule has 0 aliphatic heterocycles. The van der Waals surface area contributed by atoms with Crippen LogP contribution in [0.15, 0.2) is 41.3 Å². The van der Waals surface area contributed by atoms with Crippen molar-refractivity contribution in [2.24, 2.45) is 0 Å². The third-order valence-corrected chi connectivity index (χ3v) is 5.84. The van der Waals surface area contributed by atoms with E-state index in [1.54, 1.807) is 18.2 Å². The van der Waals surface area contributed by atoms with Gasteiger partial charge in [-0.05, 0) is 47.9 Å². The van der Waals surface area contributed by atoms with Gasteiger partial charge in [-0.1, -0.05) is 29.3 Å². The molecular formula is C16H13Cl2NO3S. The van der Waals surface area contributed by atoms with E-state index in [2.05, 4.69) is 4.72 Å². The maximum Gasteiger partial charge on any atom is 0.261 e. The molecule has 0 spiro atoms. The highest BCUT2D eigenvalue weighted by atomic mass is 35.5. The molecule has 23 heavy (non-hydrogen) atoms. The minimum Gasteiger partial charge on any atom is -0.299 e. The van der Waals surface area contributed by atoms with E-state index in [1.165, 1.54) is 18.2 Å². The quantitative estimate of drug-likeness (QED) is 0.893. The highest BCUT2D eigenvalue weighted by Gasteiger charge is 2.20. The van der Waals surface area contributed by atoms with Crippen LogP contribution < -0.4 is 4.72 Å². The highest BCUT2D eigenvalue weighted by Crippen LogP contribution is 2.28. The summed E-state index contributed by atoms with van der Waals surface area (Å²) in [6.07, 6.45) is 1.40. The lowest BCUT2D eigenvalue weighted by atomic mass is 9.91. The van der Waals surface area contributed by atoms with Crippen LogP contribution in [-0.2, 0) is 27.7 Å². The summed E-state index contributed by atoms with van der Waals surface area (Å²) in [7, 11) is -3.73. The van der Waals surface area contributed by atoms with E-state index in [1.807, 2.05) is 0 Å². The summed E-state index contributed by atoms with van der Waals surface area (Å²) in [6, 6.07) is 9.37. The first-order chi connectivity index (χ1) is 10.8. The lowest BCUT2D eigenvalue weighted by Crippen LogP contribution is -2.16. The van der Waals surface area contributed by atoms with Gasteiger partial charge in [0.25, 0.3) is 10.0 Å². The second-order valence-electron chi connectivity index (χ2n) is 5.38. The predicted molar refractivity (Wildman–Crippen MR) is 90.7 cm³/mol. The summed E-state index contributed by atoms with van der Waals surface area (Å²) in [5, 5.41) is 0.629. The van der Waals surface area contributed by atoms with Crippen LogP contribution >= 0.6 is 23.2 Å². The number of halogens is 2. The van der Waals surface area contributed by atoms with E-state index in [0.29, 0.717) is 30.0 Å². The Morgan fingerprint density at radius 2 is 1.70 bits per heavy atom. The highest BCUT2D eigenvalue weighted by molar-refractivity contribution is 7.92. The van der Waals surface area contributed by atoms with Crippen molar-refractivity contribution in [2.75, 3.05) is 4.72 Å². The molecule has 0 aromatic heterocycles. The van der Waals surface area contributed by atoms with Gasteiger partial charge in [-0.2, -0.15) is 0 Å². The van der Waals surface area contributed by atoms with Gasteiger partial charge in [0.15, 0.2) is 0 Å². The zero-order valence-corrected chi connectivity index (χ0v) is 14.3. The van der Waals surface area contributed by atoms with E-state index in [4.69, 9.17) is 23.2 Å². The Labute approximate surface area is 144 Å². The van der Waals surface area contributed by atoms with Crippen molar-refractivity contribution in [2.45, 2.75) is 24.2 Å². The number of aryl methyl sites for hydroxylation is 1. The van der Waals surface area contributed by atoms with E-state index in [0.717, 1.165) is 11.1 Å². The number of hydrogen-bond acceptors (Lipinski definition) is 3. The first-order valence-electron chi connectivity index (χ1n) is 6.96. The standard InChI is InChI=1S/C16H13Cl2NO3S/c17-15-6-3-12(9-16(15)18)19-23(21,22)14-5-2-10-7-13(20)4-1-11(10)8-14/h2-3,5-6,8-9,19H,1,4,7H2. The van der Waals surface area contributed by atoms with Crippen molar-refractivity contribution < 1.29 is 13.2 Å². The van der Waals surface area contributed by atoms with Crippen LogP contribution in [0.1, 0.15) is 17.5 Å². The number of anilines is 1. The Morgan fingerprint density at radius 3 is 2.43 bits per heavy atom. The third-order valence-electron chi connectivity index (χ3n) is 3.72. The van der Waals surface area contributed by atoms with Gasteiger partial charge in [0.05, 0.1) is 20.6 Å². The number of carbonyl (C=O) groups is 1. The number of carbonyl (C=O) groups excluding carboxylic acids is 1. The fourth-order valence-electron chi connectivity index (χ4n) is 2.52. The zero-order chi connectivity index (χ0) is 16.6. The molecule has 7 heteroatoms. The van der Waals surface area contributed by atoms with Crippen molar-refractivity contribution in [3.63, 3.8) is 0 Å². The Bertz CT molecular complexity index is 894. The number of benzene rings is 2. The average molecular weight is 370 g/mol. The topological polar surface area (TPSA) is 63.2 Å². The first kappa shape index (κ1) is 16.3. The summed E-state index contributed by atoms with van der Waals surface area (Å²) >= 11 is 11.7. The summed E-state index contributed by atoms with van der Waals surface area (Å²) in [4.78, 5) is 11.6. The molecular weight excluding hydrogens is 357 g/mol. The fraction of sp³-hybridized carbons (Fsp3) is 0.188. The maximum absolute atomic E-state index is 12.5. The van der Waals surface area contributed by atoms with E-state index < -0.39 is 10.0 Å². The van der Waals surface area contributed by atoms with Crippen LogP contribution in [0.5, 0.6) is 0 Å². The number of nitrogens with one attached hydrogen (secondary N) is 1. The number of Topliss-reactive ketones (excluding diaryl/α,β-unsaturated/α-hetero) is 1. The summed E-state index contributed by atoms with van der Waals surface area (Å²) in [5.74, 6) is 0.182. The van der Waals surface area contributed by atoms with Gasteiger partial charge < -0.3 is 0 Å². The molecule has 1 N–H and O–H groups in total.